The third-order valence-electron chi connectivity index (χ3n) is 2.82. The highest BCUT2D eigenvalue weighted by Crippen LogP contribution is 2.22. The predicted octanol–water partition coefficient (Wildman–Crippen LogP) is 0.0178. The van der Waals surface area contributed by atoms with Gasteiger partial charge >= 0.3 is 5.95 Å². The van der Waals surface area contributed by atoms with Crippen molar-refractivity contribution < 1.29 is 0 Å². The van der Waals surface area contributed by atoms with Crippen LogP contribution in [0.25, 0.3) is 0 Å². The molecule has 3 heterocycles. The van der Waals surface area contributed by atoms with Crippen LogP contribution in [0.4, 0.5) is 5.95 Å². The largest absolute Gasteiger partial charge is 0.337 e. The summed E-state index contributed by atoms with van der Waals surface area (Å²) in [6.07, 6.45) is 7.44. The molecule has 1 unspecified atom stereocenters. The number of aromatic amines is 1. The van der Waals surface area contributed by atoms with Gasteiger partial charge in [0.15, 0.2) is 0 Å². The van der Waals surface area contributed by atoms with Crippen LogP contribution in [0.1, 0.15) is 0 Å². The first kappa shape index (κ1) is 8.60. The molecule has 1 aromatic heterocycles. The van der Waals surface area contributed by atoms with Crippen LogP contribution in [0.3, 0.4) is 0 Å². The second kappa shape index (κ2) is 3.16. The number of imidazole rings is 1. The number of hydrogen-bond acceptors (Lipinski definition) is 4. The van der Waals surface area contributed by atoms with E-state index in [2.05, 4.69) is 25.0 Å². The lowest BCUT2D eigenvalue weighted by Crippen LogP contribution is -2.59. The number of quaternary nitrogens is 1. The molecule has 0 spiro atoms. The first-order valence-electron chi connectivity index (χ1n) is 5.08. The van der Waals surface area contributed by atoms with Gasteiger partial charge < -0.3 is 0 Å². The molecule has 2 aliphatic heterocycles. The Labute approximate surface area is 87.5 Å². The van der Waals surface area contributed by atoms with E-state index in [1.807, 2.05) is 18.9 Å². The molecule has 0 aliphatic carbocycles. The van der Waals surface area contributed by atoms with Crippen molar-refractivity contribution in [3.63, 3.8) is 0 Å². The summed E-state index contributed by atoms with van der Waals surface area (Å²) in [7, 11) is 0. The molecule has 6 heteroatoms. The van der Waals surface area contributed by atoms with Crippen molar-refractivity contribution in [1.82, 2.24) is 19.6 Å². The summed E-state index contributed by atoms with van der Waals surface area (Å²) in [4.78, 5) is 16.1. The average Bonchev–Trinajstić information content (AvgIpc) is 3.02. The molecule has 0 fully saturated rings. The van der Waals surface area contributed by atoms with Crippen LogP contribution in [0.5, 0.6) is 0 Å². The number of hydrogen-bond donors (Lipinski definition) is 1. The summed E-state index contributed by atoms with van der Waals surface area (Å²) in [5.74, 6) is 0.907. The van der Waals surface area contributed by atoms with E-state index in [9.17, 15) is 0 Å². The van der Waals surface area contributed by atoms with Crippen molar-refractivity contribution >= 4 is 18.6 Å². The van der Waals surface area contributed by atoms with E-state index in [0.717, 1.165) is 32.1 Å². The Hall–Kier alpha value is -1.69. The molecule has 15 heavy (non-hydrogen) atoms. The van der Waals surface area contributed by atoms with Crippen LogP contribution in [-0.2, 0) is 0 Å². The normalized spacial score (nSPS) is 29.2. The molecule has 0 bridgehead atoms. The summed E-state index contributed by atoms with van der Waals surface area (Å²) in [6.45, 7) is 3.53. The van der Waals surface area contributed by atoms with Gasteiger partial charge in [-0.05, 0) is 0 Å². The molecule has 0 radical (unpaired) electrons. The lowest BCUT2D eigenvalue weighted by atomic mass is 10.5. The van der Waals surface area contributed by atoms with Gasteiger partial charge in [-0.15, -0.1) is 4.59 Å². The molecule has 1 atom stereocenters. The highest BCUT2D eigenvalue weighted by atomic mass is 15.8. The number of aliphatic imine (C=N–C) groups is 2. The van der Waals surface area contributed by atoms with Gasteiger partial charge in [-0.25, -0.2) is 4.99 Å². The van der Waals surface area contributed by atoms with E-state index >= 15 is 0 Å². The van der Waals surface area contributed by atoms with Gasteiger partial charge in [0.05, 0.1) is 25.8 Å². The molecule has 1 aromatic rings. The average molecular weight is 205 g/mol. The smallest absolute Gasteiger partial charge is 0.297 e. The lowest BCUT2D eigenvalue weighted by molar-refractivity contribution is 0.169. The van der Waals surface area contributed by atoms with Crippen molar-refractivity contribution in [1.29, 1.82) is 0 Å². The molecule has 0 amide bonds. The third kappa shape index (κ3) is 1.18. The van der Waals surface area contributed by atoms with Crippen LogP contribution in [0, 0.1) is 0 Å². The van der Waals surface area contributed by atoms with Gasteiger partial charge in [0.2, 0.25) is 6.34 Å². The number of aromatic nitrogens is 2. The maximum Gasteiger partial charge on any atom is 0.337 e. The second-order valence-corrected chi connectivity index (χ2v) is 3.67. The Bertz CT molecular complexity index is 395. The monoisotopic (exact) mass is 205 g/mol. The number of rotatable bonds is 2. The quantitative estimate of drug-likeness (QED) is 0.692. The molecule has 78 valence electrons. The summed E-state index contributed by atoms with van der Waals surface area (Å²) in [6, 6.07) is 0. The zero-order valence-electron chi connectivity index (χ0n) is 8.37. The summed E-state index contributed by atoms with van der Waals surface area (Å²) >= 11 is 0. The molecule has 0 aromatic carbocycles. The van der Waals surface area contributed by atoms with Crippen molar-refractivity contribution in [2.45, 2.75) is 0 Å². The molecule has 1 N–H and O–H groups in total. The Kier molecular flexibility index (Phi) is 1.81. The van der Waals surface area contributed by atoms with Crippen LogP contribution in [0.15, 0.2) is 22.4 Å². The maximum absolute atomic E-state index is 4.34. The maximum atomic E-state index is 4.34. The summed E-state index contributed by atoms with van der Waals surface area (Å²) in [5.41, 5.74) is 0. The van der Waals surface area contributed by atoms with Crippen LogP contribution < -0.4 is 4.59 Å². The Morgan fingerprint density at radius 3 is 2.93 bits per heavy atom. The van der Waals surface area contributed by atoms with E-state index in [4.69, 9.17) is 0 Å². The van der Waals surface area contributed by atoms with Crippen molar-refractivity contribution in [2.24, 2.45) is 9.98 Å². The lowest BCUT2D eigenvalue weighted by Gasteiger charge is -2.33. The standard InChI is InChI=1S/C9H13N6/c1-2-13-9(12-1)15(6-4-11-8-15)14-5-3-10-7-14/h1-2,7-8H,3-6H2,(H,12,13)/q+1. The number of nitrogens with zero attached hydrogens (tertiary/aromatic N) is 5. The minimum absolute atomic E-state index is 0.552. The van der Waals surface area contributed by atoms with Gasteiger partial charge in [0.25, 0.3) is 0 Å². The van der Waals surface area contributed by atoms with E-state index in [0.29, 0.717) is 4.59 Å². The molecular formula is C9H13N6+. The first-order chi connectivity index (χ1) is 7.42. The van der Waals surface area contributed by atoms with E-state index in [-0.39, 0.29) is 0 Å². The fourth-order valence-electron chi connectivity index (χ4n) is 2.05. The van der Waals surface area contributed by atoms with Crippen molar-refractivity contribution in [3.8, 4) is 0 Å². The summed E-state index contributed by atoms with van der Waals surface area (Å²) < 4.78 is 0.552. The van der Waals surface area contributed by atoms with Gasteiger partial charge in [0.1, 0.15) is 12.9 Å². The Morgan fingerprint density at radius 1 is 1.33 bits per heavy atom. The summed E-state index contributed by atoms with van der Waals surface area (Å²) in [5, 5.41) is 2.16. The van der Waals surface area contributed by atoms with Crippen molar-refractivity contribution in [3.05, 3.63) is 12.4 Å². The minimum Gasteiger partial charge on any atom is -0.297 e. The van der Waals surface area contributed by atoms with Gasteiger partial charge in [-0.1, -0.05) is 0 Å². The molecule has 0 saturated heterocycles. The SMILES string of the molecule is C1=NCCN1[N+]1(c2ncc[nH]2)C=NCC1. The Balaban J connectivity index is 2.02. The zero-order chi connectivity index (χ0) is 10.1. The molecular weight excluding hydrogens is 192 g/mol. The van der Waals surface area contributed by atoms with E-state index < -0.39 is 0 Å². The van der Waals surface area contributed by atoms with Gasteiger partial charge in [0, 0.05) is 6.20 Å². The minimum atomic E-state index is 0.552. The van der Waals surface area contributed by atoms with Crippen LogP contribution in [0.2, 0.25) is 0 Å². The first-order valence-corrected chi connectivity index (χ1v) is 5.08. The van der Waals surface area contributed by atoms with E-state index in [1.165, 1.54) is 0 Å². The fraction of sp³-hybridized carbons (Fsp3) is 0.444. The molecule has 6 nitrogen and oxygen atoms in total. The van der Waals surface area contributed by atoms with Gasteiger partial charge in [-0.2, -0.15) is 9.99 Å². The molecule has 2 aliphatic rings. The van der Waals surface area contributed by atoms with E-state index in [1.54, 1.807) is 6.20 Å². The fourth-order valence-corrected chi connectivity index (χ4v) is 2.05. The number of nitrogens with one attached hydrogen (secondary N) is 1. The van der Waals surface area contributed by atoms with Crippen LogP contribution in [-0.4, -0.2) is 53.8 Å². The van der Waals surface area contributed by atoms with Gasteiger partial charge in [-0.3, -0.25) is 9.98 Å². The third-order valence-corrected chi connectivity index (χ3v) is 2.82. The number of H-pyrrole nitrogens is 1. The highest BCUT2D eigenvalue weighted by Gasteiger charge is 2.41. The zero-order valence-corrected chi connectivity index (χ0v) is 8.37. The topological polar surface area (TPSA) is 56.6 Å². The highest BCUT2D eigenvalue weighted by molar-refractivity contribution is 5.76. The Morgan fingerprint density at radius 2 is 2.33 bits per heavy atom. The van der Waals surface area contributed by atoms with Crippen molar-refractivity contribution in [2.75, 3.05) is 26.2 Å². The second-order valence-electron chi connectivity index (χ2n) is 3.67. The van der Waals surface area contributed by atoms with Crippen LogP contribution >= 0.6 is 0 Å². The predicted molar refractivity (Wildman–Crippen MR) is 58.7 cm³/mol. The molecule has 3 rings (SSSR count). The molecule has 0 saturated carbocycles.